The number of methoxy groups -OCH3 is 1. The number of ether oxygens (including phenoxy) is 2. The first-order chi connectivity index (χ1) is 11.5. The van der Waals surface area contributed by atoms with E-state index in [1.54, 1.807) is 20.8 Å². The molecular weight excluding hydrogens is 334 g/mol. The molecule has 140 valence electrons. The Balaban J connectivity index is 2.89. The monoisotopic (exact) mass is 358 g/mol. The van der Waals surface area contributed by atoms with Crippen molar-refractivity contribution in [3.8, 4) is 0 Å². The van der Waals surface area contributed by atoms with E-state index in [9.17, 15) is 18.4 Å². The predicted molar refractivity (Wildman–Crippen MR) is 89.5 cm³/mol. The van der Waals surface area contributed by atoms with Gasteiger partial charge in [0.1, 0.15) is 23.8 Å². The molecule has 0 aliphatic rings. The van der Waals surface area contributed by atoms with Crippen LogP contribution in [-0.2, 0) is 14.3 Å². The van der Waals surface area contributed by atoms with E-state index in [1.165, 1.54) is 14.2 Å². The van der Waals surface area contributed by atoms with E-state index in [0.717, 1.165) is 28.0 Å². The van der Waals surface area contributed by atoms with Crippen molar-refractivity contribution >= 4 is 17.7 Å². The molecule has 25 heavy (non-hydrogen) atoms. The van der Waals surface area contributed by atoms with Crippen LogP contribution in [0, 0.1) is 11.6 Å². The summed E-state index contributed by atoms with van der Waals surface area (Å²) < 4.78 is 37.3. The molecule has 8 heteroatoms. The Bertz CT molecular complexity index is 617. The number of carbonyl (C=O) groups is 2. The first-order valence-corrected chi connectivity index (χ1v) is 7.73. The molecule has 0 fully saturated rings. The van der Waals surface area contributed by atoms with Crippen LogP contribution in [0.4, 0.5) is 19.3 Å². The second-order valence-electron chi connectivity index (χ2n) is 6.44. The molecule has 0 saturated carbocycles. The highest BCUT2D eigenvalue weighted by atomic mass is 19.1. The highest BCUT2D eigenvalue weighted by Crippen LogP contribution is 2.20. The van der Waals surface area contributed by atoms with Crippen LogP contribution in [0.2, 0.25) is 0 Å². The van der Waals surface area contributed by atoms with Gasteiger partial charge >= 0.3 is 6.09 Å². The molecule has 0 heterocycles. The first-order valence-electron chi connectivity index (χ1n) is 7.73. The third-order valence-corrected chi connectivity index (χ3v) is 3.19. The van der Waals surface area contributed by atoms with Gasteiger partial charge < -0.3 is 14.4 Å². The second-order valence-corrected chi connectivity index (χ2v) is 6.44. The van der Waals surface area contributed by atoms with E-state index in [4.69, 9.17) is 9.47 Å². The molecule has 0 bridgehead atoms. The number of anilines is 1. The lowest BCUT2D eigenvalue weighted by Crippen LogP contribution is -2.45. The SMILES string of the molecule is COCCN(CC(=O)N(C)c1cc(F)ccc1F)C(=O)OC(C)(C)C. The van der Waals surface area contributed by atoms with Crippen molar-refractivity contribution in [2.24, 2.45) is 0 Å². The molecule has 0 aromatic heterocycles. The first kappa shape index (κ1) is 20.8. The Morgan fingerprint density at radius 2 is 1.84 bits per heavy atom. The lowest BCUT2D eigenvalue weighted by molar-refractivity contribution is -0.119. The summed E-state index contributed by atoms with van der Waals surface area (Å²) in [6.45, 7) is 5.08. The highest BCUT2D eigenvalue weighted by Gasteiger charge is 2.26. The van der Waals surface area contributed by atoms with Gasteiger partial charge in [0.15, 0.2) is 0 Å². The van der Waals surface area contributed by atoms with Crippen molar-refractivity contribution in [1.82, 2.24) is 4.90 Å². The van der Waals surface area contributed by atoms with Crippen molar-refractivity contribution in [2.75, 3.05) is 38.8 Å². The Morgan fingerprint density at radius 1 is 1.20 bits per heavy atom. The van der Waals surface area contributed by atoms with E-state index < -0.39 is 29.2 Å². The summed E-state index contributed by atoms with van der Waals surface area (Å²) in [5.41, 5.74) is -0.938. The number of amides is 2. The molecule has 2 amide bonds. The van der Waals surface area contributed by atoms with Crippen molar-refractivity contribution in [1.29, 1.82) is 0 Å². The number of benzene rings is 1. The van der Waals surface area contributed by atoms with Gasteiger partial charge in [0.05, 0.1) is 12.3 Å². The number of halogens is 2. The molecule has 0 aliphatic heterocycles. The zero-order valence-corrected chi connectivity index (χ0v) is 15.1. The van der Waals surface area contributed by atoms with Gasteiger partial charge in [-0.1, -0.05) is 0 Å². The van der Waals surface area contributed by atoms with Crippen LogP contribution in [-0.4, -0.2) is 56.4 Å². The minimum atomic E-state index is -0.738. The maximum Gasteiger partial charge on any atom is 0.410 e. The zero-order chi connectivity index (χ0) is 19.2. The predicted octanol–water partition coefficient (Wildman–Crippen LogP) is 2.81. The number of carbonyl (C=O) groups excluding carboxylic acids is 2. The number of hydrogen-bond donors (Lipinski definition) is 0. The fourth-order valence-electron chi connectivity index (χ4n) is 1.91. The van der Waals surface area contributed by atoms with E-state index in [0.29, 0.717) is 0 Å². The van der Waals surface area contributed by atoms with E-state index in [1.807, 2.05) is 0 Å². The van der Waals surface area contributed by atoms with Gasteiger partial charge in [0.25, 0.3) is 0 Å². The summed E-state index contributed by atoms with van der Waals surface area (Å²) in [7, 11) is 2.77. The number of likely N-dealkylation sites (N-methyl/N-ethyl adjacent to an activating group) is 1. The Kier molecular flexibility index (Phi) is 7.29. The number of hydrogen-bond acceptors (Lipinski definition) is 4. The summed E-state index contributed by atoms with van der Waals surface area (Å²) in [5.74, 6) is -2.00. The van der Waals surface area contributed by atoms with Crippen molar-refractivity contribution in [3.63, 3.8) is 0 Å². The van der Waals surface area contributed by atoms with Crippen LogP contribution >= 0.6 is 0 Å². The Morgan fingerprint density at radius 3 is 2.40 bits per heavy atom. The van der Waals surface area contributed by atoms with Crippen LogP contribution in [0.25, 0.3) is 0 Å². The molecule has 0 atom stereocenters. The van der Waals surface area contributed by atoms with E-state index in [-0.39, 0.29) is 25.4 Å². The zero-order valence-electron chi connectivity index (χ0n) is 15.1. The number of rotatable bonds is 6. The van der Waals surface area contributed by atoms with Crippen LogP contribution in [0.15, 0.2) is 18.2 Å². The summed E-state index contributed by atoms with van der Waals surface area (Å²) >= 11 is 0. The summed E-state index contributed by atoms with van der Waals surface area (Å²) in [6.07, 6.45) is -0.689. The smallest absolute Gasteiger partial charge is 0.410 e. The minimum absolute atomic E-state index is 0.122. The molecule has 0 unspecified atom stereocenters. The lowest BCUT2D eigenvalue weighted by Gasteiger charge is -2.28. The average Bonchev–Trinajstić information content (AvgIpc) is 2.51. The van der Waals surface area contributed by atoms with Gasteiger partial charge in [-0.15, -0.1) is 0 Å². The van der Waals surface area contributed by atoms with Gasteiger partial charge in [0, 0.05) is 26.8 Å². The van der Waals surface area contributed by atoms with Crippen molar-refractivity contribution in [3.05, 3.63) is 29.8 Å². The molecular formula is C17H24F2N2O4. The van der Waals surface area contributed by atoms with Gasteiger partial charge in [-0.3, -0.25) is 9.69 Å². The highest BCUT2D eigenvalue weighted by molar-refractivity contribution is 5.95. The average molecular weight is 358 g/mol. The molecule has 1 aromatic rings. The molecule has 6 nitrogen and oxygen atoms in total. The summed E-state index contributed by atoms with van der Waals surface area (Å²) in [5, 5.41) is 0. The molecule has 0 spiro atoms. The van der Waals surface area contributed by atoms with Gasteiger partial charge in [-0.25, -0.2) is 13.6 Å². The second kappa shape index (κ2) is 8.75. The molecule has 1 rings (SSSR count). The normalized spacial score (nSPS) is 11.2. The minimum Gasteiger partial charge on any atom is -0.444 e. The maximum absolute atomic E-state index is 13.8. The third kappa shape index (κ3) is 6.66. The molecule has 0 N–H and O–H groups in total. The lowest BCUT2D eigenvalue weighted by atomic mass is 10.2. The third-order valence-electron chi connectivity index (χ3n) is 3.19. The van der Waals surface area contributed by atoms with Crippen LogP contribution in [0.1, 0.15) is 20.8 Å². The fourth-order valence-corrected chi connectivity index (χ4v) is 1.91. The van der Waals surface area contributed by atoms with Crippen molar-refractivity contribution < 1.29 is 27.8 Å². The molecule has 0 aliphatic carbocycles. The van der Waals surface area contributed by atoms with E-state index >= 15 is 0 Å². The van der Waals surface area contributed by atoms with Crippen LogP contribution < -0.4 is 4.90 Å². The van der Waals surface area contributed by atoms with Gasteiger partial charge in [-0.2, -0.15) is 0 Å². The summed E-state index contributed by atoms with van der Waals surface area (Å²) in [4.78, 5) is 26.7. The van der Waals surface area contributed by atoms with Crippen molar-refractivity contribution in [2.45, 2.75) is 26.4 Å². The van der Waals surface area contributed by atoms with Gasteiger partial charge in [-0.05, 0) is 32.9 Å². The molecule has 1 aromatic carbocycles. The van der Waals surface area contributed by atoms with Crippen LogP contribution in [0.3, 0.4) is 0 Å². The van der Waals surface area contributed by atoms with Gasteiger partial charge in [0.2, 0.25) is 5.91 Å². The van der Waals surface area contributed by atoms with E-state index in [2.05, 4.69) is 0 Å². The molecule has 0 radical (unpaired) electrons. The Hall–Kier alpha value is -2.22. The number of nitrogens with zero attached hydrogens (tertiary/aromatic N) is 2. The topological polar surface area (TPSA) is 59.1 Å². The summed E-state index contributed by atoms with van der Waals surface area (Å²) in [6, 6.07) is 2.81. The molecule has 0 saturated heterocycles. The Labute approximate surface area is 146 Å². The fraction of sp³-hybridized carbons (Fsp3) is 0.529. The standard InChI is InChI=1S/C17H24F2N2O4/c1-17(2,3)25-16(23)21(8-9-24-5)11-15(22)20(4)14-10-12(18)6-7-13(14)19/h6-7,10H,8-9,11H2,1-5H3. The maximum atomic E-state index is 13.8. The quantitative estimate of drug-likeness (QED) is 0.785. The van der Waals surface area contributed by atoms with Crippen LogP contribution in [0.5, 0.6) is 0 Å². The largest absolute Gasteiger partial charge is 0.444 e.